The highest BCUT2D eigenvalue weighted by Crippen LogP contribution is 2.19. The molecular formula is C62H125NO4. The second-order valence-electron chi connectivity index (χ2n) is 22.0. The van der Waals surface area contributed by atoms with Crippen LogP contribution in [0, 0.1) is 0 Å². The molecule has 0 aliphatic heterocycles. The van der Waals surface area contributed by atoms with E-state index >= 15 is 0 Å². The Morgan fingerprint density at radius 1 is 0.313 bits per heavy atom. The maximum atomic E-state index is 12.6. The fourth-order valence-electron chi connectivity index (χ4n) is 10.4. The Labute approximate surface area is 421 Å². The van der Waals surface area contributed by atoms with E-state index in [0.29, 0.717) is 12.8 Å². The number of aliphatic hydroxyl groups excluding tert-OH is 3. The van der Waals surface area contributed by atoms with Crippen LogP contribution < -0.4 is 5.32 Å². The van der Waals surface area contributed by atoms with Crippen molar-refractivity contribution in [3.63, 3.8) is 0 Å². The lowest BCUT2D eigenvalue weighted by molar-refractivity contribution is -0.125. The van der Waals surface area contributed by atoms with Crippen molar-refractivity contribution in [1.29, 1.82) is 0 Å². The van der Waals surface area contributed by atoms with Crippen LogP contribution in [0.25, 0.3) is 0 Å². The molecule has 0 saturated heterocycles. The second-order valence-corrected chi connectivity index (χ2v) is 22.0. The smallest absolute Gasteiger partial charge is 0.222 e. The molecule has 3 unspecified atom stereocenters. The number of carbonyl (C=O) groups excluding carboxylic acids is 1. The third-order valence-electron chi connectivity index (χ3n) is 15.2. The lowest BCUT2D eigenvalue weighted by Gasteiger charge is -2.23. The van der Waals surface area contributed by atoms with Crippen LogP contribution in [0.3, 0.4) is 0 Å². The van der Waals surface area contributed by atoms with Gasteiger partial charge in [-0.2, -0.15) is 0 Å². The molecule has 0 aliphatic carbocycles. The summed E-state index contributed by atoms with van der Waals surface area (Å²) in [5, 5.41) is 33.7. The van der Waals surface area contributed by atoms with Crippen LogP contribution in [0.1, 0.15) is 367 Å². The van der Waals surface area contributed by atoms with Crippen LogP contribution >= 0.6 is 0 Å². The van der Waals surface area contributed by atoms with Crippen molar-refractivity contribution in [2.75, 3.05) is 6.61 Å². The van der Waals surface area contributed by atoms with Crippen LogP contribution in [0.15, 0.2) is 0 Å². The zero-order valence-corrected chi connectivity index (χ0v) is 46.1. The summed E-state index contributed by atoms with van der Waals surface area (Å²) in [5.41, 5.74) is 0. The van der Waals surface area contributed by atoms with Crippen molar-refractivity contribution < 1.29 is 20.1 Å². The van der Waals surface area contributed by atoms with Gasteiger partial charge in [0.1, 0.15) is 0 Å². The molecule has 402 valence electrons. The van der Waals surface area contributed by atoms with Gasteiger partial charge in [0.2, 0.25) is 5.91 Å². The van der Waals surface area contributed by atoms with E-state index in [1.807, 2.05) is 0 Å². The van der Waals surface area contributed by atoms with E-state index in [9.17, 15) is 20.1 Å². The number of rotatable bonds is 59. The molecule has 0 rings (SSSR count). The average Bonchev–Trinajstić information content (AvgIpc) is 3.32. The third-order valence-corrected chi connectivity index (χ3v) is 15.2. The molecule has 5 heteroatoms. The van der Waals surface area contributed by atoms with Crippen molar-refractivity contribution in [1.82, 2.24) is 5.32 Å². The van der Waals surface area contributed by atoms with Gasteiger partial charge in [-0.3, -0.25) is 4.79 Å². The van der Waals surface area contributed by atoms with Crippen LogP contribution in [0.4, 0.5) is 0 Å². The minimum atomic E-state index is -0.746. The monoisotopic (exact) mass is 948 g/mol. The highest BCUT2D eigenvalue weighted by atomic mass is 16.3. The van der Waals surface area contributed by atoms with Gasteiger partial charge in [-0.1, -0.05) is 348 Å². The molecule has 0 bridgehead atoms. The Hall–Kier alpha value is -0.650. The molecule has 0 fully saturated rings. The molecule has 4 N–H and O–H groups in total. The number of nitrogens with one attached hydrogen (secondary N) is 1. The summed E-state index contributed by atoms with van der Waals surface area (Å²) < 4.78 is 0. The first kappa shape index (κ1) is 66.3. The van der Waals surface area contributed by atoms with Gasteiger partial charge >= 0.3 is 0 Å². The first-order valence-electron chi connectivity index (χ1n) is 31.3. The van der Waals surface area contributed by atoms with Gasteiger partial charge in [-0.15, -0.1) is 0 Å². The van der Waals surface area contributed by atoms with E-state index in [-0.39, 0.29) is 18.9 Å². The molecule has 67 heavy (non-hydrogen) atoms. The number of aliphatic hydroxyl groups is 3. The Kier molecular flexibility index (Phi) is 57.4. The Bertz CT molecular complexity index is 914. The molecule has 0 aliphatic rings. The SMILES string of the molecule is CCCCCCCCCCCCCCCCCCCCCCCCCCCCCCCC(O)CC(=O)NC(CO)C(O)CCCCCCCCCCCCCCCCCCCCCCCCC. The molecule has 0 spiro atoms. The van der Waals surface area contributed by atoms with Crippen molar-refractivity contribution in [3.05, 3.63) is 0 Å². The zero-order chi connectivity index (χ0) is 48.6. The number of carbonyl (C=O) groups is 1. The quantitative estimate of drug-likeness (QED) is 0.0457. The number of amides is 1. The molecule has 5 nitrogen and oxygen atoms in total. The van der Waals surface area contributed by atoms with Crippen LogP contribution in [0.2, 0.25) is 0 Å². The van der Waals surface area contributed by atoms with Gasteiger partial charge in [0.15, 0.2) is 0 Å². The fraction of sp³-hybridized carbons (Fsp3) is 0.984. The number of hydrogen-bond acceptors (Lipinski definition) is 4. The Morgan fingerprint density at radius 3 is 0.716 bits per heavy atom. The van der Waals surface area contributed by atoms with Crippen molar-refractivity contribution >= 4 is 5.91 Å². The lowest BCUT2D eigenvalue weighted by Crippen LogP contribution is -2.46. The van der Waals surface area contributed by atoms with Crippen LogP contribution in [-0.4, -0.2) is 46.1 Å². The van der Waals surface area contributed by atoms with E-state index in [2.05, 4.69) is 19.2 Å². The number of hydrogen-bond donors (Lipinski definition) is 4. The summed E-state index contributed by atoms with van der Waals surface area (Å²) in [5.74, 6) is -0.273. The highest BCUT2D eigenvalue weighted by Gasteiger charge is 2.21. The predicted molar refractivity (Wildman–Crippen MR) is 296 cm³/mol. The summed E-state index contributed by atoms with van der Waals surface area (Å²) in [7, 11) is 0. The first-order valence-corrected chi connectivity index (χ1v) is 31.3. The highest BCUT2D eigenvalue weighted by molar-refractivity contribution is 5.76. The summed E-state index contributed by atoms with van der Waals surface area (Å²) in [4.78, 5) is 12.6. The van der Waals surface area contributed by atoms with Gasteiger partial charge in [-0.05, 0) is 12.8 Å². The lowest BCUT2D eigenvalue weighted by atomic mass is 10.0. The van der Waals surface area contributed by atoms with Crippen molar-refractivity contribution in [3.8, 4) is 0 Å². The largest absolute Gasteiger partial charge is 0.394 e. The van der Waals surface area contributed by atoms with E-state index in [1.165, 1.54) is 308 Å². The minimum absolute atomic E-state index is 0.0438. The summed E-state index contributed by atoms with van der Waals surface area (Å²) >= 11 is 0. The van der Waals surface area contributed by atoms with Crippen molar-refractivity contribution in [2.24, 2.45) is 0 Å². The van der Waals surface area contributed by atoms with E-state index in [0.717, 1.165) is 25.7 Å². The molecule has 0 heterocycles. The average molecular weight is 949 g/mol. The normalized spacial score (nSPS) is 13.1. The zero-order valence-electron chi connectivity index (χ0n) is 46.1. The maximum Gasteiger partial charge on any atom is 0.222 e. The summed E-state index contributed by atoms with van der Waals surface area (Å²) in [6, 6.07) is -0.655. The Morgan fingerprint density at radius 2 is 0.507 bits per heavy atom. The molecule has 0 saturated carbocycles. The summed E-state index contributed by atoms with van der Waals surface area (Å²) in [6.07, 6.45) is 71.5. The first-order chi connectivity index (χ1) is 33.0. The van der Waals surface area contributed by atoms with E-state index in [1.54, 1.807) is 0 Å². The van der Waals surface area contributed by atoms with Gasteiger partial charge in [0, 0.05) is 0 Å². The van der Waals surface area contributed by atoms with Gasteiger partial charge in [0.25, 0.3) is 0 Å². The molecule has 1 amide bonds. The third kappa shape index (κ3) is 54.5. The molecule has 0 aromatic rings. The predicted octanol–water partition coefficient (Wildman–Crippen LogP) is 19.7. The standard InChI is InChI=1S/C62H125NO4/c1-3-5-7-9-11-13-15-17-19-21-23-25-27-28-29-30-31-32-34-35-37-39-41-43-45-47-49-51-53-55-59(65)57-62(67)63-60(58-64)61(66)56-54-52-50-48-46-44-42-40-38-36-33-26-24-22-20-18-16-14-12-10-8-6-4-2/h59-61,64-66H,3-58H2,1-2H3,(H,63,67). The van der Waals surface area contributed by atoms with Gasteiger partial charge in [0.05, 0.1) is 31.3 Å². The minimum Gasteiger partial charge on any atom is -0.394 e. The van der Waals surface area contributed by atoms with Crippen molar-refractivity contribution in [2.45, 2.75) is 385 Å². The van der Waals surface area contributed by atoms with Crippen LogP contribution in [0.5, 0.6) is 0 Å². The Balaban J connectivity index is 3.45. The maximum absolute atomic E-state index is 12.6. The molecular weight excluding hydrogens is 823 g/mol. The van der Waals surface area contributed by atoms with E-state index in [4.69, 9.17) is 0 Å². The van der Waals surface area contributed by atoms with Gasteiger partial charge < -0.3 is 20.6 Å². The van der Waals surface area contributed by atoms with Gasteiger partial charge in [-0.25, -0.2) is 0 Å². The summed E-state index contributed by atoms with van der Waals surface area (Å²) in [6.45, 7) is 4.32. The molecule has 0 radical (unpaired) electrons. The second kappa shape index (κ2) is 57.9. The van der Waals surface area contributed by atoms with E-state index < -0.39 is 18.2 Å². The fourth-order valence-corrected chi connectivity index (χ4v) is 10.4. The molecule has 0 aromatic carbocycles. The van der Waals surface area contributed by atoms with Crippen LogP contribution in [-0.2, 0) is 4.79 Å². The molecule has 0 aromatic heterocycles. The number of unbranched alkanes of at least 4 members (excludes halogenated alkanes) is 50. The molecule has 3 atom stereocenters. The topological polar surface area (TPSA) is 89.8 Å².